The molecule has 0 aromatic carbocycles. The lowest BCUT2D eigenvalue weighted by atomic mass is 9.89. The second-order valence-electron chi connectivity index (χ2n) is 6.58. The molecule has 25 heavy (non-hydrogen) atoms. The lowest BCUT2D eigenvalue weighted by molar-refractivity contribution is 0.0712. The average molecular weight is 336 g/mol. The number of H-pyrrole nitrogens is 1. The molecule has 1 fully saturated rings. The van der Waals surface area contributed by atoms with Crippen molar-refractivity contribution in [1.82, 2.24) is 19.4 Å². The number of aromatic amines is 1. The summed E-state index contributed by atoms with van der Waals surface area (Å²) in [6.45, 7) is 1.44. The third-order valence-corrected chi connectivity index (χ3v) is 5.04. The molecule has 0 saturated carbocycles. The fourth-order valence-corrected chi connectivity index (χ4v) is 3.61. The van der Waals surface area contributed by atoms with E-state index in [1.807, 2.05) is 17.2 Å². The first-order valence-corrected chi connectivity index (χ1v) is 8.51. The van der Waals surface area contributed by atoms with Crippen molar-refractivity contribution in [2.24, 2.45) is 7.05 Å². The summed E-state index contributed by atoms with van der Waals surface area (Å²) < 4.78 is 1.44. The van der Waals surface area contributed by atoms with E-state index in [0.29, 0.717) is 11.5 Å². The zero-order chi connectivity index (χ0) is 17.4. The molecule has 4 rings (SSSR count). The maximum atomic E-state index is 12.7. The van der Waals surface area contributed by atoms with Crippen molar-refractivity contribution >= 4 is 16.9 Å². The number of pyridine rings is 2. The number of hydrogen-bond acceptors (Lipinski definition) is 3. The van der Waals surface area contributed by atoms with Gasteiger partial charge in [-0.1, -0.05) is 0 Å². The first kappa shape index (κ1) is 15.6. The fourth-order valence-electron chi connectivity index (χ4n) is 3.61. The highest BCUT2D eigenvalue weighted by Gasteiger charge is 2.26. The summed E-state index contributed by atoms with van der Waals surface area (Å²) in [7, 11) is 1.66. The number of piperidine rings is 1. The molecule has 1 aliphatic heterocycles. The van der Waals surface area contributed by atoms with Crippen molar-refractivity contribution in [3.05, 3.63) is 64.3 Å². The van der Waals surface area contributed by atoms with E-state index in [4.69, 9.17) is 0 Å². The van der Waals surface area contributed by atoms with Crippen molar-refractivity contribution < 1.29 is 4.79 Å². The quantitative estimate of drug-likeness (QED) is 0.780. The highest BCUT2D eigenvalue weighted by molar-refractivity contribution is 5.94. The summed E-state index contributed by atoms with van der Waals surface area (Å²) in [6.07, 6.45) is 7.31. The SMILES string of the molecule is Cn1cc(C(=O)N2CCC(c3c[nH]c4ncccc34)CC2)ccc1=O. The number of likely N-dealkylation sites (tertiary alicyclic amines) is 1. The first-order chi connectivity index (χ1) is 12.1. The molecule has 3 aromatic rings. The van der Waals surface area contributed by atoms with Gasteiger partial charge in [0, 0.05) is 50.2 Å². The Bertz CT molecular complexity index is 980. The Kier molecular flexibility index (Phi) is 3.87. The Hall–Kier alpha value is -2.89. The summed E-state index contributed by atoms with van der Waals surface area (Å²) in [5, 5.41) is 1.17. The Labute approximate surface area is 145 Å². The van der Waals surface area contributed by atoms with Gasteiger partial charge in [0.15, 0.2) is 0 Å². The lowest BCUT2D eigenvalue weighted by Gasteiger charge is -2.32. The molecule has 6 nitrogen and oxygen atoms in total. The number of nitrogens with zero attached hydrogens (tertiary/aromatic N) is 3. The van der Waals surface area contributed by atoms with Crippen LogP contribution in [0.25, 0.3) is 11.0 Å². The van der Waals surface area contributed by atoms with Crippen LogP contribution < -0.4 is 5.56 Å². The molecule has 0 aliphatic carbocycles. The van der Waals surface area contributed by atoms with Crippen LogP contribution in [0.4, 0.5) is 0 Å². The largest absolute Gasteiger partial charge is 0.346 e. The van der Waals surface area contributed by atoms with Crippen LogP contribution in [0.1, 0.15) is 34.7 Å². The van der Waals surface area contributed by atoms with Gasteiger partial charge in [0.2, 0.25) is 5.56 Å². The molecular formula is C19H20N4O2. The molecule has 0 unspecified atom stereocenters. The number of aryl methyl sites for hydroxylation is 1. The molecule has 1 aliphatic rings. The van der Waals surface area contributed by atoms with Crippen molar-refractivity contribution in [2.45, 2.75) is 18.8 Å². The molecule has 1 amide bonds. The molecule has 0 spiro atoms. The van der Waals surface area contributed by atoms with Crippen molar-refractivity contribution in [3.8, 4) is 0 Å². The second kappa shape index (κ2) is 6.20. The number of carbonyl (C=O) groups excluding carboxylic acids is 1. The molecule has 6 heteroatoms. The van der Waals surface area contributed by atoms with Gasteiger partial charge >= 0.3 is 0 Å². The van der Waals surface area contributed by atoms with Crippen molar-refractivity contribution in [1.29, 1.82) is 0 Å². The minimum absolute atomic E-state index is 0.00496. The predicted molar refractivity (Wildman–Crippen MR) is 95.7 cm³/mol. The summed E-state index contributed by atoms with van der Waals surface area (Å²) in [5.41, 5.74) is 2.67. The molecule has 0 radical (unpaired) electrons. The van der Waals surface area contributed by atoms with E-state index in [-0.39, 0.29) is 11.5 Å². The molecular weight excluding hydrogens is 316 g/mol. The molecule has 128 valence electrons. The van der Waals surface area contributed by atoms with Crippen LogP contribution in [0, 0.1) is 0 Å². The number of rotatable bonds is 2. The molecule has 1 saturated heterocycles. The zero-order valence-corrected chi connectivity index (χ0v) is 14.1. The fraction of sp³-hybridized carbons (Fsp3) is 0.316. The van der Waals surface area contributed by atoms with Crippen LogP contribution in [0.5, 0.6) is 0 Å². The molecule has 0 atom stereocenters. The van der Waals surface area contributed by atoms with Crippen LogP contribution in [0.15, 0.2) is 47.7 Å². The van der Waals surface area contributed by atoms with E-state index < -0.39 is 0 Å². The van der Waals surface area contributed by atoms with Gasteiger partial charge in [-0.3, -0.25) is 9.59 Å². The number of aromatic nitrogens is 3. The summed E-state index contributed by atoms with van der Waals surface area (Å²) in [5.74, 6) is 0.428. The van der Waals surface area contributed by atoms with Gasteiger partial charge in [-0.25, -0.2) is 4.98 Å². The molecule has 3 aromatic heterocycles. The van der Waals surface area contributed by atoms with E-state index in [2.05, 4.69) is 16.0 Å². The normalized spacial score (nSPS) is 15.6. The third kappa shape index (κ3) is 2.84. The Morgan fingerprint density at radius 1 is 1.24 bits per heavy atom. The monoisotopic (exact) mass is 336 g/mol. The van der Waals surface area contributed by atoms with Gasteiger partial charge < -0.3 is 14.5 Å². The minimum Gasteiger partial charge on any atom is -0.346 e. The predicted octanol–water partition coefficient (Wildman–Crippen LogP) is 2.28. The Morgan fingerprint density at radius 3 is 2.80 bits per heavy atom. The van der Waals surface area contributed by atoms with E-state index in [1.165, 1.54) is 21.6 Å². The van der Waals surface area contributed by atoms with Crippen LogP contribution in [0.3, 0.4) is 0 Å². The summed E-state index contributed by atoms with van der Waals surface area (Å²) in [6, 6.07) is 7.11. The molecule has 1 N–H and O–H groups in total. The van der Waals surface area contributed by atoms with Gasteiger partial charge in [0.1, 0.15) is 5.65 Å². The maximum Gasteiger partial charge on any atom is 0.255 e. The molecule has 0 bridgehead atoms. The van der Waals surface area contributed by atoms with Crippen LogP contribution in [-0.4, -0.2) is 38.4 Å². The number of nitrogens with one attached hydrogen (secondary N) is 1. The average Bonchev–Trinajstić information content (AvgIpc) is 3.08. The van der Waals surface area contributed by atoms with Gasteiger partial charge in [-0.05, 0) is 42.5 Å². The van der Waals surface area contributed by atoms with E-state index in [1.54, 1.807) is 25.5 Å². The van der Waals surface area contributed by atoms with Crippen molar-refractivity contribution in [3.63, 3.8) is 0 Å². The lowest BCUT2D eigenvalue weighted by Crippen LogP contribution is -2.38. The number of fused-ring (bicyclic) bond motifs is 1. The topological polar surface area (TPSA) is 71.0 Å². The van der Waals surface area contributed by atoms with Gasteiger partial charge in [0.25, 0.3) is 5.91 Å². The summed E-state index contributed by atoms with van der Waals surface area (Å²) in [4.78, 5) is 33.6. The van der Waals surface area contributed by atoms with Gasteiger partial charge in [0.05, 0.1) is 5.56 Å². The first-order valence-electron chi connectivity index (χ1n) is 8.51. The number of carbonyl (C=O) groups is 1. The van der Waals surface area contributed by atoms with E-state index in [9.17, 15) is 9.59 Å². The standard InChI is InChI=1S/C19H20N4O2/c1-22-12-14(4-5-17(22)24)19(25)23-9-6-13(7-10-23)16-11-21-18-15(16)3-2-8-20-18/h2-5,8,11-13H,6-7,9-10H2,1H3,(H,20,21). The van der Waals surface area contributed by atoms with E-state index >= 15 is 0 Å². The van der Waals surface area contributed by atoms with E-state index in [0.717, 1.165) is 31.6 Å². The Morgan fingerprint density at radius 2 is 2.04 bits per heavy atom. The van der Waals surface area contributed by atoms with Crippen LogP contribution in [0.2, 0.25) is 0 Å². The third-order valence-electron chi connectivity index (χ3n) is 5.04. The minimum atomic E-state index is -0.108. The number of hydrogen-bond donors (Lipinski definition) is 1. The zero-order valence-electron chi connectivity index (χ0n) is 14.1. The van der Waals surface area contributed by atoms with Gasteiger partial charge in [-0.15, -0.1) is 0 Å². The van der Waals surface area contributed by atoms with Crippen LogP contribution in [-0.2, 0) is 7.05 Å². The molecule has 4 heterocycles. The van der Waals surface area contributed by atoms with Gasteiger partial charge in [-0.2, -0.15) is 0 Å². The summed E-state index contributed by atoms with van der Waals surface area (Å²) >= 11 is 0. The maximum absolute atomic E-state index is 12.7. The van der Waals surface area contributed by atoms with Crippen LogP contribution >= 0.6 is 0 Å². The highest BCUT2D eigenvalue weighted by Crippen LogP contribution is 2.32. The number of amides is 1. The second-order valence-corrected chi connectivity index (χ2v) is 6.58. The van der Waals surface area contributed by atoms with Crippen molar-refractivity contribution in [2.75, 3.05) is 13.1 Å². The Balaban J connectivity index is 1.48. The highest BCUT2D eigenvalue weighted by atomic mass is 16.2. The smallest absolute Gasteiger partial charge is 0.255 e.